The number of hydrogen-bond acceptors (Lipinski definition) is 3. The first-order valence-electron chi connectivity index (χ1n) is 9.16. The highest BCUT2D eigenvalue weighted by Gasteiger charge is 2.27. The third kappa shape index (κ3) is 3.41. The second-order valence-corrected chi connectivity index (χ2v) is 7.26. The van der Waals surface area contributed by atoms with E-state index in [1.807, 2.05) is 49.6 Å². The average Bonchev–Trinajstić information content (AvgIpc) is 2.69. The molecule has 1 aliphatic rings. The van der Waals surface area contributed by atoms with E-state index in [0.29, 0.717) is 6.54 Å². The van der Waals surface area contributed by atoms with Crippen LogP contribution < -0.4 is 0 Å². The monoisotopic (exact) mass is 344 g/mol. The van der Waals surface area contributed by atoms with Gasteiger partial charge in [0.05, 0.1) is 5.60 Å². The van der Waals surface area contributed by atoms with Gasteiger partial charge in [-0.1, -0.05) is 60.7 Å². The minimum Gasteiger partial charge on any atom is -0.384 e. The molecule has 1 atom stereocenters. The van der Waals surface area contributed by atoms with E-state index in [1.165, 1.54) is 21.9 Å². The highest BCUT2D eigenvalue weighted by molar-refractivity contribution is 5.93. The van der Waals surface area contributed by atoms with Gasteiger partial charge >= 0.3 is 0 Å². The van der Waals surface area contributed by atoms with Gasteiger partial charge in [0.25, 0.3) is 0 Å². The molecule has 0 fully saturated rings. The van der Waals surface area contributed by atoms with Gasteiger partial charge in [0.2, 0.25) is 0 Å². The molecule has 1 aliphatic heterocycles. The minimum atomic E-state index is -0.840. The van der Waals surface area contributed by atoms with Gasteiger partial charge in [0.1, 0.15) is 0 Å². The molecule has 0 saturated heterocycles. The number of hydrogen-bond donors (Lipinski definition) is 1. The van der Waals surface area contributed by atoms with Crippen molar-refractivity contribution in [3.05, 3.63) is 84.2 Å². The van der Waals surface area contributed by atoms with Crippen molar-refractivity contribution < 1.29 is 5.11 Å². The molecule has 26 heavy (non-hydrogen) atoms. The molecular weight excluding hydrogens is 320 g/mol. The van der Waals surface area contributed by atoms with Gasteiger partial charge in [-0.3, -0.25) is 9.88 Å². The third-order valence-electron chi connectivity index (χ3n) is 5.23. The first kappa shape index (κ1) is 17.0. The van der Waals surface area contributed by atoms with Crippen molar-refractivity contribution in [2.24, 2.45) is 0 Å². The summed E-state index contributed by atoms with van der Waals surface area (Å²) in [6.45, 7) is 4.32. The fourth-order valence-electron chi connectivity index (χ4n) is 3.80. The van der Waals surface area contributed by atoms with Crippen molar-refractivity contribution in [3.8, 4) is 0 Å². The number of nitrogens with zero attached hydrogens (tertiary/aromatic N) is 2. The topological polar surface area (TPSA) is 36.4 Å². The minimum absolute atomic E-state index is 0.634. The highest BCUT2D eigenvalue weighted by Crippen LogP contribution is 2.29. The van der Waals surface area contributed by atoms with Crippen molar-refractivity contribution in [2.75, 3.05) is 19.6 Å². The summed E-state index contributed by atoms with van der Waals surface area (Å²) in [7, 11) is 0. The SMILES string of the molecule is CC(O)(CN1CC=C(c2cncc3ccccc23)CC1)c1ccccc1. The molecule has 0 spiro atoms. The van der Waals surface area contributed by atoms with Crippen molar-refractivity contribution in [3.63, 3.8) is 0 Å². The molecule has 2 aromatic carbocycles. The molecular formula is C23H24N2O. The van der Waals surface area contributed by atoms with Crippen LogP contribution in [0.5, 0.6) is 0 Å². The summed E-state index contributed by atoms with van der Waals surface area (Å²) in [6, 6.07) is 18.3. The first-order valence-corrected chi connectivity index (χ1v) is 9.16. The molecule has 1 N–H and O–H groups in total. The van der Waals surface area contributed by atoms with Crippen LogP contribution >= 0.6 is 0 Å². The van der Waals surface area contributed by atoms with Crippen LogP contribution in [-0.2, 0) is 5.60 Å². The largest absolute Gasteiger partial charge is 0.384 e. The number of aliphatic hydroxyl groups is 1. The predicted molar refractivity (Wildman–Crippen MR) is 107 cm³/mol. The molecule has 1 aromatic heterocycles. The maximum absolute atomic E-state index is 10.9. The standard InChI is InChI=1S/C23H24N2O/c1-23(26,20-8-3-2-4-9-20)17-25-13-11-18(12-14-25)22-16-24-15-19-7-5-6-10-21(19)22/h2-11,15-16,26H,12-14,17H2,1H3. The third-order valence-corrected chi connectivity index (χ3v) is 5.23. The Labute approximate surface area is 154 Å². The average molecular weight is 344 g/mol. The van der Waals surface area contributed by atoms with Gasteiger partial charge in [0, 0.05) is 43.0 Å². The zero-order valence-corrected chi connectivity index (χ0v) is 15.1. The predicted octanol–water partition coefficient (Wildman–Crippen LogP) is 4.23. The normalized spacial score (nSPS) is 17.7. The first-order chi connectivity index (χ1) is 12.6. The van der Waals surface area contributed by atoms with E-state index in [0.717, 1.165) is 25.1 Å². The lowest BCUT2D eigenvalue weighted by Crippen LogP contribution is -2.40. The van der Waals surface area contributed by atoms with Crippen LogP contribution in [0.15, 0.2) is 73.1 Å². The zero-order chi connectivity index (χ0) is 18.0. The maximum atomic E-state index is 10.9. The van der Waals surface area contributed by atoms with Gasteiger partial charge in [0.15, 0.2) is 0 Å². The molecule has 0 bridgehead atoms. The Morgan fingerprint density at radius 3 is 2.58 bits per heavy atom. The molecule has 1 unspecified atom stereocenters. The Morgan fingerprint density at radius 1 is 1.04 bits per heavy atom. The smallest absolute Gasteiger partial charge is 0.0994 e. The number of pyridine rings is 1. The molecule has 3 aromatic rings. The van der Waals surface area contributed by atoms with E-state index in [-0.39, 0.29) is 0 Å². The maximum Gasteiger partial charge on any atom is 0.0994 e. The Bertz CT molecular complexity index is 926. The van der Waals surface area contributed by atoms with Gasteiger partial charge in [-0.05, 0) is 29.9 Å². The molecule has 132 valence electrons. The summed E-state index contributed by atoms with van der Waals surface area (Å²) in [5, 5.41) is 13.3. The Kier molecular flexibility index (Phi) is 4.58. The summed E-state index contributed by atoms with van der Waals surface area (Å²) in [4.78, 5) is 6.73. The lowest BCUT2D eigenvalue weighted by atomic mass is 9.93. The second-order valence-electron chi connectivity index (χ2n) is 7.26. The second kappa shape index (κ2) is 7.02. The van der Waals surface area contributed by atoms with Gasteiger partial charge in [-0.25, -0.2) is 0 Å². The van der Waals surface area contributed by atoms with E-state index < -0.39 is 5.60 Å². The Hall–Kier alpha value is -2.49. The highest BCUT2D eigenvalue weighted by atomic mass is 16.3. The zero-order valence-electron chi connectivity index (χ0n) is 15.1. The van der Waals surface area contributed by atoms with Crippen LogP contribution in [0.1, 0.15) is 24.5 Å². The summed E-state index contributed by atoms with van der Waals surface area (Å²) < 4.78 is 0. The summed E-state index contributed by atoms with van der Waals surface area (Å²) in [6.07, 6.45) is 7.16. The van der Waals surface area contributed by atoms with Gasteiger partial charge in [-0.15, -0.1) is 0 Å². The van der Waals surface area contributed by atoms with Crippen LogP contribution in [0.3, 0.4) is 0 Å². The molecule has 3 nitrogen and oxygen atoms in total. The van der Waals surface area contributed by atoms with Crippen molar-refractivity contribution in [1.82, 2.24) is 9.88 Å². The lowest BCUT2D eigenvalue weighted by Gasteiger charge is -2.34. The molecule has 0 amide bonds. The quantitative estimate of drug-likeness (QED) is 0.769. The number of aromatic nitrogens is 1. The van der Waals surface area contributed by atoms with Crippen LogP contribution in [0.4, 0.5) is 0 Å². The molecule has 4 rings (SSSR count). The van der Waals surface area contributed by atoms with E-state index >= 15 is 0 Å². The number of benzene rings is 2. The van der Waals surface area contributed by atoms with Gasteiger partial charge in [-0.2, -0.15) is 0 Å². The molecule has 0 aliphatic carbocycles. The number of β-amino-alcohol motifs (C(OH)–C–C–N with tert-alkyl or cyclic N) is 1. The molecule has 0 radical (unpaired) electrons. The fraction of sp³-hybridized carbons (Fsp3) is 0.261. The fourth-order valence-corrected chi connectivity index (χ4v) is 3.80. The van der Waals surface area contributed by atoms with E-state index in [1.54, 1.807) is 0 Å². The van der Waals surface area contributed by atoms with Crippen LogP contribution in [-0.4, -0.2) is 34.6 Å². The summed E-state index contributed by atoms with van der Waals surface area (Å²) >= 11 is 0. The molecule has 3 heteroatoms. The number of fused-ring (bicyclic) bond motifs is 1. The Balaban J connectivity index is 1.52. The van der Waals surface area contributed by atoms with E-state index in [9.17, 15) is 5.11 Å². The van der Waals surface area contributed by atoms with Crippen molar-refractivity contribution >= 4 is 16.3 Å². The molecule has 0 saturated carbocycles. The van der Waals surface area contributed by atoms with Gasteiger partial charge < -0.3 is 5.11 Å². The summed E-state index contributed by atoms with van der Waals surface area (Å²) in [5.74, 6) is 0. The van der Waals surface area contributed by atoms with E-state index in [4.69, 9.17) is 0 Å². The van der Waals surface area contributed by atoms with Crippen LogP contribution in [0.25, 0.3) is 16.3 Å². The van der Waals surface area contributed by atoms with Crippen LogP contribution in [0.2, 0.25) is 0 Å². The number of rotatable bonds is 4. The summed E-state index contributed by atoms with van der Waals surface area (Å²) in [5.41, 5.74) is 2.71. The van der Waals surface area contributed by atoms with Crippen molar-refractivity contribution in [2.45, 2.75) is 18.9 Å². The molecule has 2 heterocycles. The van der Waals surface area contributed by atoms with Crippen molar-refractivity contribution in [1.29, 1.82) is 0 Å². The Morgan fingerprint density at radius 2 is 1.81 bits per heavy atom. The van der Waals surface area contributed by atoms with Crippen LogP contribution in [0, 0.1) is 0 Å². The van der Waals surface area contributed by atoms with E-state index in [2.05, 4.69) is 40.2 Å². The lowest BCUT2D eigenvalue weighted by molar-refractivity contribution is 0.0189.